The number of alkyl halides is 1. The second-order valence-electron chi connectivity index (χ2n) is 4.27. The number of benzene rings is 1. The quantitative estimate of drug-likeness (QED) is 0.719. The zero-order valence-electron chi connectivity index (χ0n) is 8.70. The largest absolute Gasteiger partial charge is 0.387 e. The molecule has 0 aromatic heterocycles. The molecule has 2 N–H and O–H groups in total. The summed E-state index contributed by atoms with van der Waals surface area (Å²) in [4.78, 5) is 1.41. The molecule has 1 aromatic carbocycles. The predicted octanol–water partition coefficient (Wildman–Crippen LogP) is 0.443. The summed E-state index contributed by atoms with van der Waals surface area (Å²) in [6.07, 6.45) is 0.665. The molecule has 1 heterocycles. The lowest BCUT2D eigenvalue weighted by Gasteiger charge is -2.19. The minimum absolute atomic E-state index is 0.174. The summed E-state index contributed by atoms with van der Waals surface area (Å²) in [7, 11) is 0. The number of likely N-dealkylation sites (tertiary alicyclic amines) is 1. The van der Waals surface area contributed by atoms with Crippen molar-refractivity contribution in [1.29, 1.82) is 0 Å². The molecule has 1 aliphatic rings. The maximum absolute atomic E-state index is 9.60. The van der Waals surface area contributed by atoms with Gasteiger partial charge in [-0.15, -0.1) is 11.6 Å². The Hall–Kier alpha value is -0.570. The molecule has 15 heavy (non-hydrogen) atoms. The molecule has 1 saturated heterocycles. The summed E-state index contributed by atoms with van der Waals surface area (Å²) in [5.41, 5.74) is 1.32. The van der Waals surface area contributed by atoms with E-state index in [1.165, 1.54) is 10.5 Å². The first-order valence-corrected chi connectivity index (χ1v) is 5.95. The summed E-state index contributed by atoms with van der Waals surface area (Å²) >= 11 is 5.90. The van der Waals surface area contributed by atoms with Crippen molar-refractivity contribution < 1.29 is 10.0 Å². The molecule has 82 valence electrons. The molecule has 3 atom stereocenters. The highest BCUT2D eigenvalue weighted by Crippen LogP contribution is 2.05. The first-order chi connectivity index (χ1) is 7.29. The van der Waals surface area contributed by atoms with E-state index < -0.39 is 0 Å². The van der Waals surface area contributed by atoms with E-state index in [0.29, 0.717) is 11.9 Å². The summed E-state index contributed by atoms with van der Waals surface area (Å²) in [5, 5.41) is 9.60. The highest BCUT2D eigenvalue weighted by Gasteiger charge is 2.33. The van der Waals surface area contributed by atoms with Crippen molar-refractivity contribution in [2.75, 3.05) is 12.4 Å². The molecule has 0 aliphatic carbocycles. The molecule has 1 aliphatic heterocycles. The Morgan fingerprint density at radius 3 is 2.73 bits per heavy atom. The van der Waals surface area contributed by atoms with E-state index in [2.05, 4.69) is 24.3 Å². The van der Waals surface area contributed by atoms with Gasteiger partial charge in [-0.2, -0.15) is 0 Å². The fraction of sp³-hybridized carbons (Fsp3) is 0.500. The Kier molecular flexibility index (Phi) is 3.62. The first-order valence-electron chi connectivity index (χ1n) is 5.42. The molecule has 1 aromatic rings. The average Bonchev–Trinajstić information content (AvgIpc) is 2.60. The van der Waals surface area contributed by atoms with E-state index in [4.69, 9.17) is 11.6 Å². The van der Waals surface area contributed by atoms with Crippen LogP contribution in [0.15, 0.2) is 30.3 Å². The van der Waals surface area contributed by atoms with Gasteiger partial charge in [0.25, 0.3) is 0 Å². The number of hydrogen-bond donors (Lipinski definition) is 2. The number of quaternary nitrogens is 1. The number of aliphatic hydroxyl groups is 1. The van der Waals surface area contributed by atoms with Crippen molar-refractivity contribution >= 4 is 11.6 Å². The number of halogens is 1. The van der Waals surface area contributed by atoms with Crippen molar-refractivity contribution in [3.05, 3.63) is 35.9 Å². The van der Waals surface area contributed by atoms with Gasteiger partial charge in [-0.05, 0) is 0 Å². The van der Waals surface area contributed by atoms with E-state index in [9.17, 15) is 5.11 Å². The van der Waals surface area contributed by atoms with E-state index in [0.717, 1.165) is 19.5 Å². The smallest absolute Gasteiger partial charge is 0.109 e. The Labute approximate surface area is 95.5 Å². The van der Waals surface area contributed by atoms with Crippen molar-refractivity contribution in [3.8, 4) is 0 Å². The molecular weight excluding hydrogens is 210 g/mol. The predicted molar refractivity (Wildman–Crippen MR) is 61.1 cm³/mol. The van der Waals surface area contributed by atoms with E-state index in [1.807, 2.05) is 6.07 Å². The maximum Gasteiger partial charge on any atom is 0.109 e. The Balaban J connectivity index is 2.00. The first kappa shape index (κ1) is 10.9. The van der Waals surface area contributed by atoms with Crippen molar-refractivity contribution in [1.82, 2.24) is 0 Å². The molecule has 1 fully saturated rings. The van der Waals surface area contributed by atoms with Crippen LogP contribution in [0.25, 0.3) is 0 Å². The number of nitrogens with one attached hydrogen (secondary N) is 1. The third kappa shape index (κ3) is 2.71. The van der Waals surface area contributed by atoms with Crippen molar-refractivity contribution in [2.24, 2.45) is 0 Å². The average molecular weight is 227 g/mol. The van der Waals surface area contributed by atoms with E-state index >= 15 is 0 Å². The Bertz CT molecular complexity index is 304. The molecular formula is C12H17ClNO+. The van der Waals surface area contributed by atoms with Gasteiger partial charge in [0.2, 0.25) is 0 Å². The van der Waals surface area contributed by atoms with Crippen LogP contribution < -0.4 is 4.90 Å². The van der Waals surface area contributed by atoms with E-state index in [1.54, 1.807) is 0 Å². The normalized spacial score (nSPS) is 30.7. The topological polar surface area (TPSA) is 24.7 Å². The van der Waals surface area contributed by atoms with Crippen LogP contribution in [-0.2, 0) is 6.54 Å². The molecule has 0 saturated carbocycles. The summed E-state index contributed by atoms with van der Waals surface area (Å²) in [6, 6.07) is 10.8. The van der Waals surface area contributed by atoms with Gasteiger partial charge in [-0.25, -0.2) is 0 Å². The number of hydrogen-bond acceptors (Lipinski definition) is 1. The maximum atomic E-state index is 9.60. The molecule has 1 unspecified atom stereocenters. The standard InChI is InChI=1S/C12H16ClNO/c13-7-11-6-12(15)9-14(11)8-10-4-2-1-3-5-10/h1-5,11-12,15H,6-9H2/p+1/t11-,12-/m1/s1. The zero-order valence-corrected chi connectivity index (χ0v) is 9.45. The van der Waals surface area contributed by atoms with Gasteiger partial charge < -0.3 is 10.0 Å². The lowest BCUT2D eigenvalue weighted by molar-refractivity contribution is -0.924. The highest BCUT2D eigenvalue weighted by molar-refractivity contribution is 6.18. The SMILES string of the molecule is O[C@@H]1C[C@H](CCl)[NH+](Cc2ccccc2)C1. The fourth-order valence-corrected chi connectivity index (χ4v) is 2.64. The van der Waals surface area contributed by atoms with Crippen LogP contribution in [0.3, 0.4) is 0 Å². The molecule has 0 spiro atoms. The van der Waals surface area contributed by atoms with E-state index in [-0.39, 0.29) is 6.10 Å². The number of rotatable bonds is 3. The van der Waals surface area contributed by atoms with Gasteiger partial charge in [0.05, 0.1) is 5.88 Å². The summed E-state index contributed by atoms with van der Waals surface area (Å²) in [6.45, 7) is 1.79. The minimum Gasteiger partial charge on any atom is -0.387 e. The van der Waals surface area contributed by atoms with Crippen LogP contribution in [-0.4, -0.2) is 29.7 Å². The molecule has 2 rings (SSSR count). The van der Waals surface area contributed by atoms with Crippen LogP contribution in [0.2, 0.25) is 0 Å². The van der Waals surface area contributed by atoms with Crippen LogP contribution in [0.5, 0.6) is 0 Å². The zero-order chi connectivity index (χ0) is 10.7. The molecule has 0 amide bonds. The molecule has 3 heteroatoms. The van der Waals surface area contributed by atoms with Crippen LogP contribution in [0.1, 0.15) is 12.0 Å². The second kappa shape index (κ2) is 4.97. The highest BCUT2D eigenvalue weighted by atomic mass is 35.5. The second-order valence-corrected chi connectivity index (χ2v) is 4.57. The molecule has 0 bridgehead atoms. The third-order valence-corrected chi connectivity index (χ3v) is 3.46. The molecule has 2 nitrogen and oxygen atoms in total. The summed E-state index contributed by atoms with van der Waals surface area (Å²) in [5.74, 6) is 0.638. The van der Waals surface area contributed by atoms with Crippen LogP contribution in [0.4, 0.5) is 0 Å². The molecule has 0 radical (unpaired) electrons. The van der Waals surface area contributed by atoms with Gasteiger partial charge >= 0.3 is 0 Å². The lowest BCUT2D eigenvalue weighted by atomic mass is 10.2. The summed E-state index contributed by atoms with van der Waals surface area (Å²) < 4.78 is 0. The minimum atomic E-state index is -0.174. The van der Waals surface area contributed by atoms with Gasteiger partial charge in [0, 0.05) is 12.0 Å². The van der Waals surface area contributed by atoms with Gasteiger partial charge in [0.15, 0.2) is 0 Å². The van der Waals surface area contributed by atoms with Gasteiger partial charge in [0.1, 0.15) is 25.2 Å². The Morgan fingerprint density at radius 2 is 2.07 bits per heavy atom. The van der Waals surface area contributed by atoms with Gasteiger partial charge in [-0.3, -0.25) is 0 Å². The number of aliphatic hydroxyl groups excluding tert-OH is 1. The van der Waals surface area contributed by atoms with Crippen molar-refractivity contribution in [3.63, 3.8) is 0 Å². The van der Waals surface area contributed by atoms with Crippen molar-refractivity contribution in [2.45, 2.75) is 25.1 Å². The monoisotopic (exact) mass is 226 g/mol. The lowest BCUT2D eigenvalue weighted by Crippen LogP contribution is -3.13. The van der Waals surface area contributed by atoms with Gasteiger partial charge in [-0.1, -0.05) is 30.3 Å². The Morgan fingerprint density at radius 1 is 1.33 bits per heavy atom. The van der Waals surface area contributed by atoms with Crippen LogP contribution in [0, 0.1) is 0 Å². The third-order valence-electron chi connectivity index (χ3n) is 3.09. The fourth-order valence-electron chi connectivity index (χ4n) is 2.29. The van der Waals surface area contributed by atoms with Crippen LogP contribution >= 0.6 is 11.6 Å².